The van der Waals surface area contributed by atoms with Gasteiger partial charge in [0.15, 0.2) is 0 Å². The molecular weight excluding hydrogens is 364 g/mol. The zero-order chi connectivity index (χ0) is 20.8. The molecule has 0 bridgehead atoms. The van der Waals surface area contributed by atoms with E-state index in [4.69, 9.17) is 4.74 Å². The van der Waals surface area contributed by atoms with Crippen molar-refractivity contribution >= 4 is 0 Å². The van der Waals surface area contributed by atoms with Gasteiger partial charge in [0.25, 0.3) is 0 Å². The van der Waals surface area contributed by atoms with Gasteiger partial charge in [-0.05, 0) is 90.5 Å². The number of unbranched alkanes of at least 4 members (excludes halogenated alkanes) is 2. The van der Waals surface area contributed by atoms with Gasteiger partial charge in [-0.1, -0.05) is 74.4 Å². The molecule has 4 rings (SSSR count). The lowest BCUT2D eigenvalue weighted by Gasteiger charge is -2.26. The van der Waals surface area contributed by atoms with E-state index < -0.39 is 0 Å². The molecule has 0 heterocycles. The smallest absolute Gasteiger partial charge is 0.119 e. The van der Waals surface area contributed by atoms with Crippen molar-refractivity contribution in [2.24, 2.45) is 0 Å². The number of aryl methyl sites for hydroxylation is 2. The Balaban J connectivity index is 1.43. The van der Waals surface area contributed by atoms with Gasteiger partial charge in [-0.3, -0.25) is 0 Å². The van der Waals surface area contributed by atoms with Crippen LogP contribution in [0.4, 0.5) is 0 Å². The highest BCUT2D eigenvalue weighted by Crippen LogP contribution is 2.35. The van der Waals surface area contributed by atoms with Crippen LogP contribution in [0.15, 0.2) is 66.7 Å². The second-order valence-electron chi connectivity index (χ2n) is 8.58. The molecule has 0 fully saturated rings. The number of benzene rings is 3. The van der Waals surface area contributed by atoms with E-state index in [9.17, 15) is 0 Å². The standard InChI is InChI=1S/C29H34O/c1-3-5-6-7-22-8-10-23(11-9-22)25-12-14-28-21-26(13-15-27(28)20-25)24-16-18-29(19-17-24)30-4-2/h8-11,13,15-19,21,25H,3-7,12,14,20H2,1-2H3. The molecule has 0 aromatic heterocycles. The van der Waals surface area contributed by atoms with Crippen molar-refractivity contribution in [3.8, 4) is 16.9 Å². The van der Waals surface area contributed by atoms with E-state index in [1.807, 2.05) is 6.92 Å². The monoisotopic (exact) mass is 398 g/mol. The van der Waals surface area contributed by atoms with Crippen LogP contribution in [0.1, 0.15) is 67.7 Å². The van der Waals surface area contributed by atoms with Gasteiger partial charge in [0.1, 0.15) is 5.75 Å². The molecule has 1 aliphatic carbocycles. The Kier molecular flexibility index (Phi) is 6.89. The summed E-state index contributed by atoms with van der Waals surface area (Å²) in [5.74, 6) is 1.59. The molecule has 1 aliphatic rings. The number of rotatable bonds is 8. The van der Waals surface area contributed by atoms with E-state index in [1.54, 1.807) is 0 Å². The minimum Gasteiger partial charge on any atom is -0.494 e. The third kappa shape index (κ3) is 4.95. The quantitative estimate of drug-likeness (QED) is 0.352. The number of hydrogen-bond donors (Lipinski definition) is 0. The first-order valence-corrected chi connectivity index (χ1v) is 11.7. The molecule has 1 unspecified atom stereocenters. The lowest BCUT2D eigenvalue weighted by Crippen LogP contribution is -2.13. The summed E-state index contributed by atoms with van der Waals surface area (Å²) in [5, 5.41) is 0. The average Bonchev–Trinajstić information content (AvgIpc) is 2.80. The van der Waals surface area contributed by atoms with E-state index in [0.717, 1.165) is 12.2 Å². The summed E-state index contributed by atoms with van der Waals surface area (Å²) in [5.41, 5.74) is 8.62. The molecule has 0 saturated carbocycles. The molecule has 1 heteroatoms. The Bertz CT molecular complexity index is 937. The van der Waals surface area contributed by atoms with E-state index in [0.29, 0.717) is 12.5 Å². The van der Waals surface area contributed by atoms with Crippen LogP contribution in [0.2, 0.25) is 0 Å². The van der Waals surface area contributed by atoms with Crippen LogP contribution in [0.5, 0.6) is 5.75 Å². The summed E-state index contributed by atoms with van der Waals surface area (Å²) in [4.78, 5) is 0. The molecule has 1 atom stereocenters. The Morgan fingerprint density at radius 1 is 0.800 bits per heavy atom. The molecule has 30 heavy (non-hydrogen) atoms. The Labute approximate surface area is 182 Å². The predicted molar refractivity (Wildman–Crippen MR) is 127 cm³/mol. The third-order valence-corrected chi connectivity index (χ3v) is 6.45. The normalized spacial score (nSPS) is 15.6. The van der Waals surface area contributed by atoms with E-state index in [1.165, 1.54) is 71.9 Å². The largest absolute Gasteiger partial charge is 0.494 e. The number of fused-ring (bicyclic) bond motifs is 1. The van der Waals surface area contributed by atoms with Crippen LogP contribution in [0, 0.1) is 0 Å². The summed E-state index contributed by atoms with van der Waals surface area (Å²) in [6.45, 7) is 5.00. The number of hydrogen-bond acceptors (Lipinski definition) is 1. The van der Waals surface area contributed by atoms with Gasteiger partial charge in [0.2, 0.25) is 0 Å². The molecule has 1 nitrogen and oxygen atoms in total. The summed E-state index contributed by atoms with van der Waals surface area (Å²) < 4.78 is 5.57. The van der Waals surface area contributed by atoms with E-state index >= 15 is 0 Å². The number of ether oxygens (including phenoxy) is 1. The summed E-state index contributed by atoms with van der Waals surface area (Å²) in [6, 6.07) is 25.0. The van der Waals surface area contributed by atoms with Gasteiger partial charge < -0.3 is 4.74 Å². The second-order valence-corrected chi connectivity index (χ2v) is 8.58. The van der Waals surface area contributed by atoms with Crippen molar-refractivity contribution in [2.75, 3.05) is 6.61 Å². The van der Waals surface area contributed by atoms with Gasteiger partial charge in [0.05, 0.1) is 6.61 Å². The van der Waals surface area contributed by atoms with Crippen molar-refractivity contribution < 1.29 is 4.74 Å². The van der Waals surface area contributed by atoms with Crippen LogP contribution in [-0.2, 0) is 19.3 Å². The summed E-state index contributed by atoms with van der Waals surface area (Å²) >= 11 is 0. The Hall–Kier alpha value is -2.54. The maximum atomic E-state index is 5.57. The lowest BCUT2D eigenvalue weighted by atomic mass is 9.79. The molecule has 156 valence electrons. The molecule has 0 amide bonds. The van der Waals surface area contributed by atoms with E-state index in [2.05, 4.69) is 73.7 Å². The third-order valence-electron chi connectivity index (χ3n) is 6.45. The first-order chi connectivity index (χ1) is 14.8. The molecule has 0 saturated heterocycles. The minimum absolute atomic E-state index is 0.651. The lowest BCUT2D eigenvalue weighted by molar-refractivity contribution is 0.340. The molecular formula is C29H34O. The van der Waals surface area contributed by atoms with Crippen molar-refractivity contribution in [1.82, 2.24) is 0 Å². The molecule has 0 radical (unpaired) electrons. The Morgan fingerprint density at radius 3 is 2.30 bits per heavy atom. The maximum Gasteiger partial charge on any atom is 0.119 e. The average molecular weight is 399 g/mol. The van der Waals surface area contributed by atoms with Crippen LogP contribution in [0.3, 0.4) is 0 Å². The second kappa shape index (κ2) is 9.98. The molecule has 0 N–H and O–H groups in total. The van der Waals surface area contributed by atoms with Crippen molar-refractivity contribution in [3.63, 3.8) is 0 Å². The van der Waals surface area contributed by atoms with Crippen molar-refractivity contribution in [1.29, 1.82) is 0 Å². The topological polar surface area (TPSA) is 9.23 Å². The van der Waals surface area contributed by atoms with Crippen molar-refractivity contribution in [3.05, 3.63) is 89.0 Å². The highest BCUT2D eigenvalue weighted by Gasteiger charge is 2.20. The van der Waals surface area contributed by atoms with Gasteiger partial charge in [0, 0.05) is 0 Å². The van der Waals surface area contributed by atoms with Gasteiger partial charge in [-0.2, -0.15) is 0 Å². The fourth-order valence-electron chi connectivity index (χ4n) is 4.66. The fourth-order valence-corrected chi connectivity index (χ4v) is 4.66. The zero-order valence-corrected chi connectivity index (χ0v) is 18.5. The highest BCUT2D eigenvalue weighted by atomic mass is 16.5. The minimum atomic E-state index is 0.651. The maximum absolute atomic E-state index is 5.57. The van der Waals surface area contributed by atoms with E-state index in [-0.39, 0.29) is 0 Å². The van der Waals surface area contributed by atoms with Gasteiger partial charge >= 0.3 is 0 Å². The predicted octanol–water partition coefficient (Wildman–Crippen LogP) is 7.76. The highest BCUT2D eigenvalue weighted by molar-refractivity contribution is 5.66. The van der Waals surface area contributed by atoms with Crippen LogP contribution in [0.25, 0.3) is 11.1 Å². The summed E-state index contributed by atoms with van der Waals surface area (Å²) in [6.07, 6.45) is 8.73. The molecule has 0 aliphatic heterocycles. The molecule has 0 spiro atoms. The molecule has 3 aromatic rings. The summed E-state index contributed by atoms with van der Waals surface area (Å²) in [7, 11) is 0. The van der Waals surface area contributed by atoms with Gasteiger partial charge in [-0.15, -0.1) is 0 Å². The fraction of sp³-hybridized carbons (Fsp3) is 0.379. The molecule has 3 aromatic carbocycles. The zero-order valence-electron chi connectivity index (χ0n) is 18.5. The van der Waals surface area contributed by atoms with Crippen LogP contribution < -0.4 is 4.74 Å². The van der Waals surface area contributed by atoms with Crippen LogP contribution >= 0.6 is 0 Å². The van der Waals surface area contributed by atoms with Crippen molar-refractivity contribution in [2.45, 2.75) is 64.7 Å². The van der Waals surface area contributed by atoms with Gasteiger partial charge in [-0.25, -0.2) is 0 Å². The SMILES string of the molecule is CCCCCc1ccc(C2CCc3cc(-c4ccc(OCC)cc4)ccc3C2)cc1. The first kappa shape index (κ1) is 20.7. The Morgan fingerprint density at radius 2 is 1.57 bits per heavy atom. The van der Waals surface area contributed by atoms with Crippen LogP contribution in [-0.4, -0.2) is 6.61 Å². The first-order valence-electron chi connectivity index (χ1n) is 11.7.